The molecule has 0 spiro atoms. The summed E-state index contributed by atoms with van der Waals surface area (Å²) < 4.78 is 0. The molecule has 0 aliphatic heterocycles. The fourth-order valence-electron chi connectivity index (χ4n) is 2.85. The maximum atomic E-state index is 12.7. The van der Waals surface area contributed by atoms with Gasteiger partial charge in [0.2, 0.25) is 0 Å². The number of fused-ring (bicyclic) bond motifs is 1. The first-order valence-corrected chi connectivity index (χ1v) is 7.72. The van der Waals surface area contributed by atoms with Crippen molar-refractivity contribution in [2.45, 2.75) is 39.0 Å². The molecule has 0 fully saturated rings. The summed E-state index contributed by atoms with van der Waals surface area (Å²) in [5.41, 5.74) is 4.59. The predicted molar refractivity (Wildman–Crippen MR) is 80.2 cm³/mol. The molecule has 1 unspecified atom stereocenters. The molecule has 2 aromatic rings. The Labute approximate surface area is 118 Å². The zero-order chi connectivity index (χ0) is 13.4. The smallest absolute Gasteiger partial charge is 0.170 e. The van der Waals surface area contributed by atoms with Gasteiger partial charge < -0.3 is 0 Å². The van der Waals surface area contributed by atoms with E-state index >= 15 is 0 Å². The van der Waals surface area contributed by atoms with Crippen LogP contribution in [0.1, 0.15) is 50.7 Å². The Hall–Kier alpha value is -1.41. The first kappa shape index (κ1) is 12.6. The second-order valence-electron chi connectivity index (χ2n) is 5.41. The highest BCUT2D eigenvalue weighted by molar-refractivity contribution is 7.10. The summed E-state index contributed by atoms with van der Waals surface area (Å²) in [6, 6.07) is 8.21. The van der Waals surface area contributed by atoms with Crippen molar-refractivity contribution in [1.29, 1.82) is 0 Å². The number of rotatable bonds is 2. The van der Waals surface area contributed by atoms with Crippen molar-refractivity contribution in [1.82, 2.24) is 0 Å². The first-order valence-electron chi connectivity index (χ1n) is 6.84. The van der Waals surface area contributed by atoms with Crippen LogP contribution in [0, 0.1) is 13.8 Å². The topological polar surface area (TPSA) is 17.1 Å². The molecule has 1 aromatic heterocycles. The highest BCUT2D eigenvalue weighted by Crippen LogP contribution is 2.37. The van der Waals surface area contributed by atoms with Crippen molar-refractivity contribution in [3.63, 3.8) is 0 Å². The number of carbonyl (C=O) groups excluding carboxylic acids is 1. The van der Waals surface area contributed by atoms with E-state index in [0.29, 0.717) is 5.78 Å². The molecule has 1 aromatic carbocycles. The van der Waals surface area contributed by atoms with Crippen LogP contribution in [0.3, 0.4) is 0 Å². The second kappa shape index (κ2) is 4.93. The van der Waals surface area contributed by atoms with Crippen LogP contribution in [-0.2, 0) is 6.42 Å². The molecule has 0 saturated carbocycles. The zero-order valence-corrected chi connectivity index (χ0v) is 12.2. The molecule has 1 heterocycles. The summed E-state index contributed by atoms with van der Waals surface area (Å²) in [5, 5.41) is 2.12. The average Bonchev–Trinajstić information content (AvgIpc) is 2.89. The third-order valence-electron chi connectivity index (χ3n) is 4.16. The highest BCUT2D eigenvalue weighted by Gasteiger charge is 2.28. The van der Waals surface area contributed by atoms with Crippen molar-refractivity contribution in [3.8, 4) is 0 Å². The minimum Gasteiger partial charge on any atom is -0.293 e. The fourth-order valence-corrected chi connectivity index (χ4v) is 3.84. The lowest BCUT2D eigenvalue weighted by Crippen LogP contribution is -2.17. The molecule has 1 nitrogen and oxygen atoms in total. The van der Waals surface area contributed by atoms with Gasteiger partial charge >= 0.3 is 0 Å². The molecule has 19 heavy (non-hydrogen) atoms. The largest absolute Gasteiger partial charge is 0.293 e. The Balaban J connectivity index is 1.95. The van der Waals surface area contributed by atoms with E-state index in [9.17, 15) is 4.79 Å². The van der Waals surface area contributed by atoms with E-state index in [2.05, 4.69) is 31.4 Å². The summed E-state index contributed by atoms with van der Waals surface area (Å²) >= 11 is 1.80. The van der Waals surface area contributed by atoms with Crippen LogP contribution < -0.4 is 0 Å². The molecule has 0 N–H and O–H groups in total. The van der Waals surface area contributed by atoms with Crippen molar-refractivity contribution < 1.29 is 4.79 Å². The van der Waals surface area contributed by atoms with Gasteiger partial charge in [0.1, 0.15) is 0 Å². The summed E-state index contributed by atoms with van der Waals surface area (Å²) in [4.78, 5) is 14.1. The molecule has 0 bridgehead atoms. The van der Waals surface area contributed by atoms with Crippen LogP contribution in [0.2, 0.25) is 0 Å². The quantitative estimate of drug-likeness (QED) is 0.725. The molecule has 98 valence electrons. The Morgan fingerprint density at radius 3 is 2.84 bits per heavy atom. The van der Waals surface area contributed by atoms with E-state index in [-0.39, 0.29) is 5.92 Å². The lowest BCUT2D eigenvalue weighted by molar-refractivity contribution is 0.0951. The van der Waals surface area contributed by atoms with Crippen LogP contribution in [0.15, 0.2) is 29.6 Å². The van der Waals surface area contributed by atoms with Gasteiger partial charge in [0, 0.05) is 16.4 Å². The maximum absolute atomic E-state index is 12.7. The maximum Gasteiger partial charge on any atom is 0.170 e. The van der Waals surface area contributed by atoms with Crippen LogP contribution in [0.25, 0.3) is 0 Å². The van der Waals surface area contributed by atoms with Crippen molar-refractivity contribution in [3.05, 3.63) is 56.8 Å². The Morgan fingerprint density at radius 1 is 1.21 bits per heavy atom. The molecule has 0 saturated heterocycles. The van der Waals surface area contributed by atoms with Gasteiger partial charge in [-0.05, 0) is 67.3 Å². The lowest BCUT2D eigenvalue weighted by Gasteiger charge is -2.21. The molecule has 3 rings (SSSR count). The van der Waals surface area contributed by atoms with E-state index in [0.717, 1.165) is 24.8 Å². The molecule has 1 aliphatic carbocycles. The van der Waals surface area contributed by atoms with E-state index in [4.69, 9.17) is 0 Å². The minimum atomic E-state index is 0.0807. The number of benzene rings is 1. The Morgan fingerprint density at radius 2 is 2.05 bits per heavy atom. The van der Waals surface area contributed by atoms with Gasteiger partial charge in [-0.2, -0.15) is 0 Å². The van der Waals surface area contributed by atoms with Gasteiger partial charge in [-0.1, -0.05) is 12.1 Å². The number of Topliss-reactive ketones (excluding diaryl/α,β-unsaturated/α-hetero) is 1. The number of hydrogen-bond acceptors (Lipinski definition) is 2. The monoisotopic (exact) mass is 270 g/mol. The van der Waals surface area contributed by atoms with Gasteiger partial charge in [0.25, 0.3) is 0 Å². The van der Waals surface area contributed by atoms with E-state index in [1.165, 1.54) is 21.6 Å². The Bertz CT molecular complexity index is 624. The SMILES string of the molecule is Cc1ccc(C(=O)C2CCCc3sccc32)cc1C. The summed E-state index contributed by atoms with van der Waals surface area (Å²) in [6.45, 7) is 4.16. The normalized spacial score (nSPS) is 18.1. The fraction of sp³-hybridized carbons (Fsp3) is 0.353. The number of carbonyl (C=O) groups is 1. The number of aryl methyl sites for hydroxylation is 3. The molecular weight excluding hydrogens is 252 g/mol. The standard InChI is InChI=1S/C17H18OS/c1-11-6-7-13(10-12(11)2)17(18)15-4-3-5-16-14(15)8-9-19-16/h6-10,15H,3-5H2,1-2H3. The van der Waals surface area contributed by atoms with Crippen molar-refractivity contribution in [2.75, 3.05) is 0 Å². The number of ketones is 1. The number of thiophene rings is 1. The molecule has 0 amide bonds. The van der Waals surface area contributed by atoms with Crippen LogP contribution in [0.5, 0.6) is 0 Å². The van der Waals surface area contributed by atoms with Gasteiger partial charge in [0.15, 0.2) is 5.78 Å². The summed E-state index contributed by atoms with van der Waals surface area (Å²) in [6.07, 6.45) is 3.27. The summed E-state index contributed by atoms with van der Waals surface area (Å²) in [5.74, 6) is 0.375. The number of hydrogen-bond donors (Lipinski definition) is 0. The van der Waals surface area contributed by atoms with E-state index in [1.54, 1.807) is 11.3 Å². The first-order chi connectivity index (χ1) is 9.16. The van der Waals surface area contributed by atoms with Gasteiger partial charge in [-0.3, -0.25) is 4.79 Å². The van der Waals surface area contributed by atoms with E-state index < -0.39 is 0 Å². The van der Waals surface area contributed by atoms with E-state index in [1.807, 2.05) is 12.1 Å². The van der Waals surface area contributed by atoms with Crippen molar-refractivity contribution >= 4 is 17.1 Å². The third kappa shape index (κ3) is 2.25. The van der Waals surface area contributed by atoms with Gasteiger partial charge in [-0.25, -0.2) is 0 Å². The average molecular weight is 270 g/mol. The third-order valence-corrected chi connectivity index (χ3v) is 5.16. The second-order valence-corrected chi connectivity index (χ2v) is 6.41. The van der Waals surface area contributed by atoms with Crippen LogP contribution in [0.4, 0.5) is 0 Å². The Kier molecular flexibility index (Phi) is 3.28. The van der Waals surface area contributed by atoms with Gasteiger partial charge in [-0.15, -0.1) is 11.3 Å². The van der Waals surface area contributed by atoms with Gasteiger partial charge in [0.05, 0.1) is 0 Å². The molecule has 0 radical (unpaired) electrons. The summed E-state index contributed by atoms with van der Waals surface area (Å²) in [7, 11) is 0. The molecule has 2 heteroatoms. The zero-order valence-electron chi connectivity index (χ0n) is 11.4. The lowest BCUT2D eigenvalue weighted by atomic mass is 9.82. The van der Waals surface area contributed by atoms with Crippen LogP contribution >= 0.6 is 11.3 Å². The van der Waals surface area contributed by atoms with Crippen molar-refractivity contribution in [2.24, 2.45) is 0 Å². The minimum absolute atomic E-state index is 0.0807. The molecule has 1 atom stereocenters. The predicted octanol–water partition coefficient (Wildman–Crippen LogP) is 4.67. The molecular formula is C17H18OS. The highest BCUT2D eigenvalue weighted by atomic mass is 32.1. The molecule has 1 aliphatic rings. The van der Waals surface area contributed by atoms with Crippen LogP contribution in [-0.4, -0.2) is 5.78 Å².